The van der Waals surface area contributed by atoms with Crippen LogP contribution in [0.25, 0.3) is 0 Å². The highest BCUT2D eigenvalue weighted by molar-refractivity contribution is 6.42. The van der Waals surface area contributed by atoms with Crippen LogP contribution >= 0.6 is 23.2 Å². The smallest absolute Gasteiger partial charge is 0.267 e. The first-order valence-electron chi connectivity index (χ1n) is 6.60. The number of nitrogens with zero attached hydrogens (tertiary/aromatic N) is 2. The second kappa shape index (κ2) is 8.18. The maximum Gasteiger partial charge on any atom is 0.267 e. The summed E-state index contributed by atoms with van der Waals surface area (Å²) < 4.78 is 0. The first kappa shape index (κ1) is 16.8. The number of benzene rings is 1. The number of halogens is 2. The van der Waals surface area contributed by atoms with Crippen LogP contribution in [0.4, 0.5) is 5.69 Å². The summed E-state index contributed by atoms with van der Waals surface area (Å²) in [4.78, 5) is 16.2. The van der Waals surface area contributed by atoms with Gasteiger partial charge in [-0.15, -0.1) is 0 Å². The zero-order chi connectivity index (χ0) is 16.7. The fraction of sp³-hybridized carbons (Fsp3) is 0.0625. The third kappa shape index (κ3) is 4.99. The normalized spacial score (nSPS) is 10.7. The summed E-state index contributed by atoms with van der Waals surface area (Å²) in [6, 6.07) is 12.0. The summed E-state index contributed by atoms with van der Waals surface area (Å²) in [5.74, 6) is -0.542. The number of carbonyl (C=O) groups is 1. The Morgan fingerprint density at radius 1 is 1.26 bits per heavy atom. The van der Waals surface area contributed by atoms with Gasteiger partial charge < -0.3 is 10.6 Å². The van der Waals surface area contributed by atoms with Crippen LogP contribution in [-0.2, 0) is 11.3 Å². The average molecular weight is 347 g/mol. The molecule has 0 atom stereocenters. The number of carbonyl (C=O) groups excluding carboxylic acids is 1. The van der Waals surface area contributed by atoms with Gasteiger partial charge in [-0.3, -0.25) is 9.78 Å². The molecule has 1 amide bonds. The van der Waals surface area contributed by atoms with Gasteiger partial charge in [0.15, 0.2) is 0 Å². The van der Waals surface area contributed by atoms with Gasteiger partial charge in [0.2, 0.25) is 0 Å². The summed E-state index contributed by atoms with van der Waals surface area (Å²) in [5, 5.41) is 15.3. The molecule has 2 aromatic rings. The van der Waals surface area contributed by atoms with E-state index in [1.54, 1.807) is 18.3 Å². The zero-order valence-corrected chi connectivity index (χ0v) is 13.4. The minimum Gasteiger partial charge on any atom is -0.384 e. The van der Waals surface area contributed by atoms with Gasteiger partial charge in [-0.25, -0.2) is 0 Å². The lowest BCUT2D eigenvalue weighted by Crippen LogP contribution is -2.16. The molecule has 23 heavy (non-hydrogen) atoms. The standard InChI is InChI=1S/C16H12Cl2N4O/c17-14-5-4-12(7-15(14)18)22-16(23)11(8-19)9-20-10-13-3-1-2-6-21-13/h1-7,9,20H,10H2,(H,22,23)/b11-9-. The summed E-state index contributed by atoms with van der Waals surface area (Å²) in [5.41, 5.74) is 1.19. The Labute approximate surface area is 143 Å². The highest BCUT2D eigenvalue weighted by atomic mass is 35.5. The van der Waals surface area contributed by atoms with Crippen molar-refractivity contribution in [2.45, 2.75) is 6.54 Å². The second-order valence-electron chi connectivity index (χ2n) is 4.45. The van der Waals surface area contributed by atoms with E-state index in [9.17, 15) is 4.79 Å². The van der Waals surface area contributed by atoms with Crippen LogP contribution in [0.3, 0.4) is 0 Å². The van der Waals surface area contributed by atoms with Crippen LogP contribution < -0.4 is 10.6 Å². The Hall–Kier alpha value is -2.55. The van der Waals surface area contributed by atoms with E-state index in [1.807, 2.05) is 24.3 Å². The number of hydrogen-bond donors (Lipinski definition) is 2. The lowest BCUT2D eigenvalue weighted by molar-refractivity contribution is -0.112. The molecule has 0 spiro atoms. The van der Waals surface area contributed by atoms with Crippen molar-refractivity contribution in [3.8, 4) is 6.07 Å². The Morgan fingerprint density at radius 3 is 2.74 bits per heavy atom. The van der Waals surface area contributed by atoms with Crippen LogP contribution in [0.5, 0.6) is 0 Å². The molecule has 0 fully saturated rings. The Kier molecular flexibility index (Phi) is 5.98. The minimum absolute atomic E-state index is 0.0630. The predicted molar refractivity (Wildman–Crippen MR) is 89.9 cm³/mol. The van der Waals surface area contributed by atoms with Crippen LogP contribution in [0, 0.1) is 11.3 Å². The fourth-order valence-electron chi connectivity index (χ4n) is 1.68. The number of pyridine rings is 1. The van der Waals surface area contributed by atoms with E-state index >= 15 is 0 Å². The van der Waals surface area contributed by atoms with Gasteiger partial charge in [0.25, 0.3) is 5.91 Å². The Balaban J connectivity index is 1.99. The third-order valence-corrected chi connectivity index (χ3v) is 3.54. The molecule has 1 aromatic carbocycles. The summed E-state index contributed by atoms with van der Waals surface area (Å²) in [6.45, 7) is 0.409. The third-order valence-electron chi connectivity index (χ3n) is 2.80. The molecule has 2 rings (SSSR count). The zero-order valence-electron chi connectivity index (χ0n) is 11.9. The molecule has 2 N–H and O–H groups in total. The van der Waals surface area contributed by atoms with Gasteiger partial charge in [0, 0.05) is 18.1 Å². The van der Waals surface area contributed by atoms with Crippen molar-refractivity contribution < 1.29 is 4.79 Å². The minimum atomic E-state index is -0.542. The van der Waals surface area contributed by atoms with Crippen molar-refractivity contribution in [2.75, 3.05) is 5.32 Å². The topological polar surface area (TPSA) is 77.8 Å². The van der Waals surface area contributed by atoms with Crippen molar-refractivity contribution in [1.82, 2.24) is 10.3 Å². The molecule has 0 unspecified atom stereocenters. The molecule has 116 valence electrons. The van der Waals surface area contributed by atoms with Crippen molar-refractivity contribution in [3.05, 3.63) is 70.1 Å². The SMILES string of the molecule is N#C/C(=C/NCc1ccccn1)C(=O)Nc1ccc(Cl)c(Cl)c1. The molecule has 0 saturated heterocycles. The summed E-state index contributed by atoms with van der Waals surface area (Å²) >= 11 is 11.7. The molecule has 0 radical (unpaired) electrons. The maximum atomic E-state index is 12.0. The van der Waals surface area contributed by atoms with Crippen molar-refractivity contribution in [3.63, 3.8) is 0 Å². The molecular formula is C16H12Cl2N4O. The molecule has 7 heteroatoms. The lowest BCUT2D eigenvalue weighted by atomic mass is 10.2. The van der Waals surface area contributed by atoms with E-state index in [2.05, 4.69) is 15.6 Å². The molecule has 1 aromatic heterocycles. The van der Waals surface area contributed by atoms with Crippen LogP contribution in [0.1, 0.15) is 5.69 Å². The van der Waals surface area contributed by atoms with Crippen LogP contribution in [-0.4, -0.2) is 10.9 Å². The van der Waals surface area contributed by atoms with E-state index in [0.29, 0.717) is 22.3 Å². The summed E-state index contributed by atoms with van der Waals surface area (Å²) in [6.07, 6.45) is 3.02. The van der Waals surface area contributed by atoms with Gasteiger partial charge in [0.05, 0.1) is 22.3 Å². The van der Waals surface area contributed by atoms with Crippen molar-refractivity contribution >= 4 is 34.8 Å². The van der Waals surface area contributed by atoms with E-state index in [0.717, 1.165) is 5.69 Å². The van der Waals surface area contributed by atoms with Gasteiger partial charge >= 0.3 is 0 Å². The number of nitrogens with one attached hydrogen (secondary N) is 2. The molecule has 0 saturated carbocycles. The highest BCUT2D eigenvalue weighted by Gasteiger charge is 2.10. The van der Waals surface area contributed by atoms with Gasteiger partial charge in [-0.05, 0) is 30.3 Å². The first-order chi connectivity index (χ1) is 11.1. The highest BCUT2D eigenvalue weighted by Crippen LogP contribution is 2.25. The Bertz CT molecular complexity index is 769. The molecule has 5 nitrogen and oxygen atoms in total. The molecule has 0 aliphatic heterocycles. The van der Waals surface area contributed by atoms with E-state index in [1.165, 1.54) is 12.3 Å². The largest absolute Gasteiger partial charge is 0.384 e. The van der Waals surface area contributed by atoms with Crippen molar-refractivity contribution in [2.24, 2.45) is 0 Å². The number of nitriles is 1. The monoisotopic (exact) mass is 346 g/mol. The van der Waals surface area contributed by atoms with E-state index in [4.69, 9.17) is 28.5 Å². The number of anilines is 1. The van der Waals surface area contributed by atoms with E-state index < -0.39 is 5.91 Å². The lowest BCUT2D eigenvalue weighted by Gasteiger charge is -2.06. The predicted octanol–water partition coefficient (Wildman–Crippen LogP) is 3.52. The molecule has 1 heterocycles. The average Bonchev–Trinajstić information content (AvgIpc) is 2.56. The first-order valence-corrected chi connectivity index (χ1v) is 7.35. The fourth-order valence-corrected chi connectivity index (χ4v) is 1.98. The second-order valence-corrected chi connectivity index (χ2v) is 5.27. The van der Waals surface area contributed by atoms with Gasteiger partial charge in [0.1, 0.15) is 11.6 Å². The molecule has 0 aliphatic carbocycles. The van der Waals surface area contributed by atoms with E-state index in [-0.39, 0.29) is 5.57 Å². The number of aromatic nitrogens is 1. The van der Waals surface area contributed by atoms with Crippen LogP contribution in [0.15, 0.2) is 54.4 Å². The molecular weight excluding hydrogens is 335 g/mol. The van der Waals surface area contributed by atoms with Gasteiger partial charge in [-0.1, -0.05) is 29.3 Å². The number of rotatable bonds is 5. The maximum absolute atomic E-state index is 12.0. The number of hydrogen-bond acceptors (Lipinski definition) is 4. The molecule has 0 bridgehead atoms. The molecule has 0 aliphatic rings. The Morgan fingerprint density at radius 2 is 2.09 bits per heavy atom. The summed E-state index contributed by atoms with van der Waals surface area (Å²) in [7, 11) is 0. The van der Waals surface area contributed by atoms with Crippen LogP contribution in [0.2, 0.25) is 10.0 Å². The van der Waals surface area contributed by atoms with Crippen molar-refractivity contribution in [1.29, 1.82) is 5.26 Å². The number of amides is 1. The quantitative estimate of drug-likeness (QED) is 0.641. The van der Waals surface area contributed by atoms with Gasteiger partial charge in [-0.2, -0.15) is 5.26 Å².